The molecule has 1 aromatic heterocycles. The molecule has 158 valence electrons. The molecule has 0 radical (unpaired) electrons. The zero-order valence-electron chi connectivity index (χ0n) is 16.4. The van der Waals surface area contributed by atoms with Crippen LogP contribution in [-0.4, -0.2) is 65.8 Å². The molecular formula is C17H28F3N7O. The van der Waals surface area contributed by atoms with Crippen LogP contribution in [0.1, 0.15) is 31.0 Å². The van der Waals surface area contributed by atoms with Crippen LogP contribution < -0.4 is 16.0 Å². The first kappa shape index (κ1) is 22.0. The molecule has 2 heterocycles. The number of likely N-dealkylation sites (N-methyl/N-ethyl adjacent to an activating group) is 1. The van der Waals surface area contributed by atoms with E-state index >= 15 is 0 Å². The van der Waals surface area contributed by atoms with E-state index in [-0.39, 0.29) is 24.1 Å². The van der Waals surface area contributed by atoms with Crippen LogP contribution in [0.15, 0.2) is 11.2 Å². The maximum Gasteiger partial charge on any atom is 0.435 e. The number of hydrogen-bond acceptors (Lipinski definition) is 4. The molecule has 3 N–H and O–H groups in total. The molecule has 0 atom stereocenters. The highest BCUT2D eigenvalue weighted by Crippen LogP contribution is 2.30. The lowest BCUT2D eigenvalue weighted by molar-refractivity contribution is -0.142. The topological polar surface area (TPSA) is 86.6 Å². The summed E-state index contributed by atoms with van der Waals surface area (Å²) >= 11 is 0. The number of nitrogens with one attached hydrogen (secondary N) is 3. The van der Waals surface area contributed by atoms with Gasteiger partial charge in [0.15, 0.2) is 11.7 Å². The van der Waals surface area contributed by atoms with Crippen molar-refractivity contribution in [3.63, 3.8) is 0 Å². The fourth-order valence-electron chi connectivity index (χ4n) is 3.09. The normalized spacial score (nSPS) is 16.9. The van der Waals surface area contributed by atoms with Crippen molar-refractivity contribution < 1.29 is 18.0 Å². The molecule has 1 aliphatic heterocycles. The summed E-state index contributed by atoms with van der Waals surface area (Å²) in [7, 11) is 3.07. The summed E-state index contributed by atoms with van der Waals surface area (Å²) in [4.78, 5) is 17.8. The van der Waals surface area contributed by atoms with Crippen molar-refractivity contribution in [3.05, 3.63) is 17.5 Å². The number of aliphatic imine (C=N–C) groups is 1. The molecule has 11 heteroatoms. The van der Waals surface area contributed by atoms with Gasteiger partial charge >= 0.3 is 6.18 Å². The number of carbonyl (C=O) groups is 1. The Morgan fingerprint density at radius 2 is 2.04 bits per heavy atom. The third-order valence-electron chi connectivity index (χ3n) is 4.50. The average molecular weight is 403 g/mol. The third-order valence-corrected chi connectivity index (χ3v) is 4.50. The minimum atomic E-state index is -4.50. The molecule has 0 bridgehead atoms. The smallest absolute Gasteiger partial charge is 0.358 e. The first-order chi connectivity index (χ1) is 13.2. The molecule has 0 spiro atoms. The lowest BCUT2D eigenvalue weighted by Gasteiger charge is -2.32. The SMILES string of the molecule is CCNC(=NCc1cn(C)nc1C(F)(F)F)NC1CCN(CC(=O)NC)CC1. The van der Waals surface area contributed by atoms with Crippen molar-refractivity contribution in [3.8, 4) is 0 Å². The van der Waals surface area contributed by atoms with E-state index in [0.717, 1.165) is 30.6 Å². The molecule has 0 saturated carbocycles. The number of rotatable bonds is 6. The minimum absolute atomic E-state index is 0.0155. The zero-order chi connectivity index (χ0) is 20.7. The van der Waals surface area contributed by atoms with Gasteiger partial charge in [-0.25, -0.2) is 4.99 Å². The lowest BCUT2D eigenvalue weighted by Crippen LogP contribution is -2.50. The number of aryl methyl sites for hydroxylation is 1. The van der Waals surface area contributed by atoms with E-state index in [4.69, 9.17) is 0 Å². The molecule has 1 aromatic rings. The quantitative estimate of drug-likeness (QED) is 0.481. The number of nitrogens with zero attached hydrogens (tertiary/aromatic N) is 4. The molecule has 1 aliphatic rings. The number of carbonyl (C=O) groups excluding carboxylic acids is 1. The molecule has 0 aliphatic carbocycles. The van der Waals surface area contributed by atoms with Crippen LogP contribution in [0.5, 0.6) is 0 Å². The second-order valence-electron chi connectivity index (χ2n) is 6.74. The highest BCUT2D eigenvalue weighted by molar-refractivity contribution is 5.80. The fourth-order valence-corrected chi connectivity index (χ4v) is 3.09. The highest BCUT2D eigenvalue weighted by atomic mass is 19.4. The van der Waals surface area contributed by atoms with E-state index in [1.54, 1.807) is 7.05 Å². The number of halogens is 3. The van der Waals surface area contributed by atoms with Gasteiger partial charge in [-0.1, -0.05) is 0 Å². The van der Waals surface area contributed by atoms with Crippen LogP contribution in [0.25, 0.3) is 0 Å². The molecule has 0 unspecified atom stereocenters. The van der Waals surface area contributed by atoms with E-state index < -0.39 is 11.9 Å². The minimum Gasteiger partial charge on any atom is -0.358 e. The van der Waals surface area contributed by atoms with Crippen molar-refractivity contribution in [2.24, 2.45) is 12.0 Å². The maximum absolute atomic E-state index is 13.1. The first-order valence-corrected chi connectivity index (χ1v) is 9.30. The zero-order valence-corrected chi connectivity index (χ0v) is 16.4. The molecule has 1 saturated heterocycles. The second kappa shape index (κ2) is 9.76. The van der Waals surface area contributed by atoms with Crippen LogP contribution in [0.4, 0.5) is 13.2 Å². The summed E-state index contributed by atoms with van der Waals surface area (Å²) < 4.78 is 40.4. The predicted octanol–water partition coefficient (Wildman–Crippen LogP) is 0.704. The fraction of sp³-hybridized carbons (Fsp3) is 0.706. The molecule has 8 nitrogen and oxygen atoms in total. The van der Waals surface area contributed by atoms with Gasteiger partial charge in [0.05, 0.1) is 13.1 Å². The molecular weight excluding hydrogens is 375 g/mol. The Hall–Kier alpha value is -2.30. The van der Waals surface area contributed by atoms with Gasteiger partial charge in [-0.3, -0.25) is 14.4 Å². The van der Waals surface area contributed by atoms with Crippen LogP contribution in [-0.2, 0) is 24.6 Å². The molecule has 1 amide bonds. The van der Waals surface area contributed by atoms with Gasteiger partial charge in [-0.15, -0.1) is 0 Å². The summed E-state index contributed by atoms with van der Waals surface area (Å²) in [5.74, 6) is 0.461. The summed E-state index contributed by atoms with van der Waals surface area (Å²) in [6.07, 6.45) is -1.52. The Kier molecular flexibility index (Phi) is 7.67. The number of amides is 1. The number of hydrogen-bond donors (Lipinski definition) is 3. The van der Waals surface area contributed by atoms with Gasteiger partial charge < -0.3 is 16.0 Å². The largest absolute Gasteiger partial charge is 0.435 e. The van der Waals surface area contributed by atoms with Gasteiger partial charge in [0.25, 0.3) is 0 Å². The highest BCUT2D eigenvalue weighted by Gasteiger charge is 2.36. The van der Waals surface area contributed by atoms with Crippen LogP contribution >= 0.6 is 0 Å². The predicted molar refractivity (Wildman–Crippen MR) is 99.7 cm³/mol. The monoisotopic (exact) mass is 403 g/mol. The van der Waals surface area contributed by atoms with Gasteiger partial charge in [0, 0.05) is 51.5 Å². The van der Waals surface area contributed by atoms with Crippen LogP contribution in [0.3, 0.4) is 0 Å². The van der Waals surface area contributed by atoms with Crippen molar-refractivity contribution >= 4 is 11.9 Å². The second-order valence-corrected chi connectivity index (χ2v) is 6.74. The first-order valence-electron chi connectivity index (χ1n) is 9.30. The Bertz CT molecular complexity index is 679. The van der Waals surface area contributed by atoms with Crippen molar-refractivity contribution in [1.29, 1.82) is 0 Å². The number of piperidine rings is 1. The molecule has 0 aromatic carbocycles. The van der Waals surface area contributed by atoms with Gasteiger partial charge in [-0.2, -0.15) is 18.3 Å². The average Bonchev–Trinajstić information content (AvgIpc) is 3.02. The van der Waals surface area contributed by atoms with Crippen molar-refractivity contribution in [1.82, 2.24) is 30.6 Å². The van der Waals surface area contributed by atoms with Crippen LogP contribution in [0.2, 0.25) is 0 Å². The Morgan fingerprint density at radius 1 is 1.36 bits per heavy atom. The number of aromatic nitrogens is 2. The molecule has 28 heavy (non-hydrogen) atoms. The van der Waals surface area contributed by atoms with Crippen LogP contribution in [0, 0.1) is 0 Å². The standard InChI is InChI=1S/C17H28F3N7O/c1-4-22-16(23-9-12-10-26(3)25-15(12)17(18,19)20)24-13-5-7-27(8-6-13)11-14(28)21-2/h10,13H,4-9,11H2,1-3H3,(H,21,28)(H2,22,23,24). The van der Waals surface area contributed by atoms with Crippen molar-refractivity contribution in [2.75, 3.05) is 33.2 Å². The summed E-state index contributed by atoms with van der Waals surface area (Å²) in [6.45, 7) is 4.29. The molecule has 1 fully saturated rings. The Morgan fingerprint density at radius 3 is 2.61 bits per heavy atom. The lowest BCUT2D eigenvalue weighted by atomic mass is 10.1. The van der Waals surface area contributed by atoms with E-state index in [2.05, 4.69) is 30.9 Å². The van der Waals surface area contributed by atoms with Gasteiger partial charge in [0.1, 0.15) is 0 Å². The summed E-state index contributed by atoms with van der Waals surface area (Å²) in [6, 6.07) is 0.148. The third kappa shape index (κ3) is 6.39. The Balaban J connectivity index is 1.96. The summed E-state index contributed by atoms with van der Waals surface area (Å²) in [5, 5.41) is 12.5. The van der Waals surface area contributed by atoms with Crippen molar-refractivity contribution in [2.45, 2.75) is 38.5 Å². The Labute approximate surface area is 162 Å². The van der Waals surface area contributed by atoms with E-state index in [1.165, 1.54) is 13.2 Å². The number of likely N-dealkylation sites (tertiary alicyclic amines) is 1. The molecule has 2 rings (SSSR count). The van der Waals surface area contributed by atoms with Gasteiger partial charge in [0.2, 0.25) is 5.91 Å². The summed E-state index contributed by atoms with van der Waals surface area (Å²) in [5.41, 5.74) is -0.871. The van der Waals surface area contributed by atoms with E-state index in [9.17, 15) is 18.0 Å². The number of guanidine groups is 1. The van der Waals surface area contributed by atoms with E-state index in [0.29, 0.717) is 19.0 Å². The van der Waals surface area contributed by atoms with Gasteiger partial charge in [-0.05, 0) is 19.8 Å². The maximum atomic E-state index is 13.1. The van der Waals surface area contributed by atoms with E-state index in [1.807, 2.05) is 6.92 Å². The number of alkyl halides is 3.